The van der Waals surface area contributed by atoms with Crippen LogP contribution in [0.4, 0.5) is 0 Å². The molecule has 0 radical (unpaired) electrons. The van der Waals surface area contributed by atoms with E-state index in [1.54, 1.807) is 7.11 Å². The third-order valence-electron chi connectivity index (χ3n) is 2.65. The van der Waals surface area contributed by atoms with Gasteiger partial charge in [0.05, 0.1) is 13.7 Å². The van der Waals surface area contributed by atoms with E-state index >= 15 is 0 Å². The molecule has 0 amide bonds. The van der Waals surface area contributed by atoms with E-state index in [4.69, 9.17) is 9.47 Å². The van der Waals surface area contributed by atoms with Crippen LogP contribution in [0.3, 0.4) is 0 Å². The highest BCUT2D eigenvalue weighted by Gasteiger charge is 2.09. The van der Waals surface area contributed by atoms with Crippen LogP contribution in [0.1, 0.15) is 13.8 Å². The highest BCUT2D eigenvalue weighted by atomic mass is 127. The Bertz CT molecular complexity index is 439. The molecule has 1 rings (SSSR count). The fraction of sp³-hybridized carbons (Fsp3) is 0.533. The Hall–Kier alpha value is -1.18. The molecule has 5 nitrogen and oxygen atoms in total. The van der Waals surface area contributed by atoms with E-state index in [2.05, 4.69) is 10.3 Å². The zero-order valence-electron chi connectivity index (χ0n) is 13.4. The normalized spacial score (nSPS) is 12.1. The lowest BCUT2D eigenvalue weighted by molar-refractivity contribution is 0.219. The van der Waals surface area contributed by atoms with Crippen LogP contribution in [0, 0.1) is 0 Å². The predicted octanol–water partition coefficient (Wildman–Crippen LogP) is 2.61. The number of methoxy groups -OCH3 is 1. The second-order valence-corrected chi connectivity index (χ2v) is 4.67. The molecule has 6 heteroatoms. The molecule has 0 aliphatic heterocycles. The summed E-state index contributed by atoms with van der Waals surface area (Å²) in [6.07, 6.45) is -0.0279. The zero-order valence-corrected chi connectivity index (χ0v) is 15.8. The van der Waals surface area contributed by atoms with Crippen LogP contribution in [0.2, 0.25) is 0 Å². The first-order valence-corrected chi connectivity index (χ1v) is 6.83. The molecule has 0 bridgehead atoms. The van der Waals surface area contributed by atoms with Crippen LogP contribution < -0.4 is 14.8 Å². The average molecular weight is 407 g/mol. The first kappa shape index (κ1) is 19.8. The summed E-state index contributed by atoms with van der Waals surface area (Å²) in [6.45, 7) is 5.47. The van der Waals surface area contributed by atoms with Crippen molar-refractivity contribution in [1.29, 1.82) is 0 Å². The molecule has 0 saturated carbocycles. The molecule has 0 spiro atoms. The van der Waals surface area contributed by atoms with Crippen molar-refractivity contribution in [1.82, 2.24) is 10.2 Å². The Morgan fingerprint density at radius 2 is 1.90 bits per heavy atom. The maximum atomic E-state index is 5.87. The van der Waals surface area contributed by atoms with Gasteiger partial charge < -0.3 is 19.7 Å². The largest absolute Gasteiger partial charge is 0.493 e. The average Bonchev–Trinajstić information content (AvgIpc) is 2.43. The van der Waals surface area contributed by atoms with Gasteiger partial charge in [-0.25, -0.2) is 4.99 Å². The summed E-state index contributed by atoms with van der Waals surface area (Å²) >= 11 is 0. The maximum Gasteiger partial charge on any atom is 0.193 e. The molecule has 0 fully saturated rings. The molecule has 0 saturated heterocycles. The van der Waals surface area contributed by atoms with Gasteiger partial charge in [0.25, 0.3) is 0 Å². The zero-order chi connectivity index (χ0) is 15.0. The summed E-state index contributed by atoms with van der Waals surface area (Å²) in [6, 6.07) is 7.63. The van der Waals surface area contributed by atoms with Crippen molar-refractivity contribution >= 4 is 29.9 Å². The van der Waals surface area contributed by atoms with Crippen LogP contribution in [0.5, 0.6) is 11.5 Å². The maximum absolute atomic E-state index is 5.87. The van der Waals surface area contributed by atoms with Gasteiger partial charge in [0.1, 0.15) is 6.10 Å². The summed E-state index contributed by atoms with van der Waals surface area (Å²) in [4.78, 5) is 6.49. The molecule has 1 aromatic carbocycles. The van der Waals surface area contributed by atoms with Crippen molar-refractivity contribution in [3.05, 3.63) is 24.3 Å². The molecule has 1 atom stereocenters. The number of hydrogen-bond donors (Lipinski definition) is 1. The monoisotopic (exact) mass is 407 g/mol. The Balaban J connectivity index is 0.00000400. The van der Waals surface area contributed by atoms with Crippen molar-refractivity contribution in [2.24, 2.45) is 4.99 Å². The fourth-order valence-corrected chi connectivity index (χ4v) is 1.70. The molecule has 1 aromatic rings. The molecule has 0 aliphatic rings. The summed E-state index contributed by atoms with van der Waals surface area (Å²) < 4.78 is 11.1. The minimum atomic E-state index is -0.0279. The number of halogens is 1. The van der Waals surface area contributed by atoms with E-state index in [0.717, 1.165) is 24.0 Å². The van der Waals surface area contributed by atoms with Gasteiger partial charge in [0, 0.05) is 20.6 Å². The first-order chi connectivity index (χ1) is 9.58. The molecular weight excluding hydrogens is 381 g/mol. The third-order valence-corrected chi connectivity index (χ3v) is 2.65. The summed E-state index contributed by atoms with van der Waals surface area (Å²) in [5, 5.41) is 3.22. The van der Waals surface area contributed by atoms with E-state index in [0.29, 0.717) is 6.54 Å². The summed E-state index contributed by atoms with van der Waals surface area (Å²) in [5.41, 5.74) is 0. The Kier molecular flexibility index (Phi) is 9.94. The van der Waals surface area contributed by atoms with Gasteiger partial charge >= 0.3 is 0 Å². The van der Waals surface area contributed by atoms with Crippen LogP contribution in [0.15, 0.2) is 29.3 Å². The summed E-state index contributed by atoms with van der Waals surface area (Å²) in [5.74, 6) is 2.35. The van der Waals surface area contributed by atoms with Crippen molar-refractivity contribution in [3.63, 3.8) is 0 Å². The second-order valence-electron chi connectivity index (χ2n) is 4.67. The molecular formula is C15H26IN3O2. The number of benzene rings is 1. The van der Waals surface area contributed by atoms with Crippen LogP contribution in [-0.4, -0.2) is 51.3 Å². The highest BCUT2D eigenvalue weighted by Crippen LogP contribution is 2.26. The number of guanidine groups is 1. The fourth-order valence-electron chi connectivity index (χ4n) is 1.70. The van der Waals surface area contributed by atoms with E-state index in [-0.39, 0.29) is 30.1 Å². The van der Waals surface area contributed by atoms with Crippen molar-refractivity contribution in [2.75, 3.05) is 34.3 Å². The second kappa shape index (κ2) is 10.5. The minimum Gasteiger partial charge on any atom is -0.493 e. The standard InChI is InChI=1S/C15H25N3O2.HI/c1-6-16-15(18(3)4)17-11-12(2)20-14-10-8-7-9-13(14)19-5;/h7-10,12H,6,11H2,1-5H3,(H,16,17);1H. The van der Waals surface area contributed by atoms with Gasteiger partial charge in [0.2, 0.25) is 0 Å². The highest BCUT2D eigenvalue weighted by molar-refractivity contribution is 14.0. The van der Waals surface area contributed by atoms with Gasteiger partial charge in [-0.1, -0.05) is 12.1 Å². The Morgan fingerprint density at radius 3 is 2.43 bits per heavy atom. The molecule has 120 valence electrons. The lowest BCUT2D eigenvalue weighted by Gasteiger charge is -2.19. The number of ether oxygens (including phenoxy) is 2. The number of para-hydroxylation sites is 2. The number of aliphatic imine (C=N–C) groups is 1. The first-order valence-electron chi connectivity index (χ1n) is 6.83. The Labute approximate surface area is 144 Å². The smallest absolute Gasteiger partial charge is 0.193 e. The van der Waals surface area contributed by atoms with Crippen molar-refractivity contribution < 1.29 is 9.47 Å². The minimum absolute atomic E-state index is 0. The molecule has 0 aliphatic carbocycles. The molecule has 0 heterocycles. The number of nitrogens with zero attached hydrogens (tertiary/aromatic N) is 2. The van der Waals surface area contributed by atoms with E-state index in [9.17, 15) is 0 Å². The van der Waals surface area contributed by atoms with Crippen LogP contribution >= 0.6 is 24.0 Å². The SMILES string of the molecule is CCNC(=NCC(C)Oc1ccccc1OC)N(C)C.I. The van der Waals surface area contributed by atoms with E-state index < -0.39 is 0 Å². The van der Waals surface area contributed by atoms with Crippen LogP contribution in [0.25, 0.3) is 0 Å². The number of nitrogens with one attached hydrogen (secondary N) is 1. The van der Waals surface area contributed by atoms with Gasteiger partial charge in [-0.05, 0) is 26.0 Å². The number of rotatable bonds is 6. The van der Waals surface area contributed by atoms with Gasteiger partial charge in [-0.15, -0.1) is 24.0 Å². The van der Waals surface area contributed by atoms with Crippen molar-refractivity contribution in [2.45, 2.75) is 20.0 Å². The lowest BCUT2D eigenvalue weighted by Crippen LogP contribution is -2.37. The quantitative estimate of drug-likeness (QED) is 0.448. The third kappa shape index (κ3) is 6.88. The topological polar surface area (TPSA) is 46.1 Å². The van der Waals surface area contributed by atoms with Crippen molar-refractivity contribution in [3.8, 4) is 11.5 Å². The predicted molar refractivity (Wildman–Crippen MR) is 98.2 cm³/mol. The lowest BCUT2D eigenvalue weighted by atomic mass is 10.3. The van der Waals surface area contributed by atoms with E-state index in [1.807, 2.05) is 57.1 Å². The number of hydrogen-bond acceptors (Lipinski definition) is 3. The van der Waals surface area contributed by atoms with Gasteiger partial charge in [-0.2, -0.15) is 0 Å². The van der Waals surface area contributed by atoms with Crippen LogP contribution in [-0.2, 0) is 0 Å². The molecule has 1 N–H and O–H groups in total. The van der Waals surface area contributed by atoms with Gasteiger partial charge in [0.15, 0.2) is 17.5 Å². The summed E-state index contributed by atoms with van der Waals surface area (Å²) in [7, 11) is 5.57. The molecule has 1 unspecified atom stereocenters. The van der Waals surface area contributed by atoms with E-state index in [1.165, 1.54) is 0 Å². The molecule has 0 aromatic heterocycles. The molecule has 21 heavy (non-hydrogen) atoms. The van der Waals surface area contributed by atoms with Gasteiger partial charge in [-0.3, -0.25) is 0 Å². The Morgan fingerprint density at radius 1 is 1.29 bits per heavy atom.